The quantitative estimate of drug-likeness (QED) is 0.591. The van der Waals surface area contributed by atoms with E-state index in [1.807, 2.05) is 36.4 Å². The average Bonchev–Trinajstić information content (AvgIpc) is 2.55. The molecule has 0 radical (unpaired) electrons. The van der Waals surface area contributed by atoms with Crippen molar-refractivity contribution in [3.63, 3.8) is 0 Å². The fraction of sp³-hybridized carbons (Fsp3) is 0.118. The van der Waals surface area contributed by atoms with Crippen molar-refractivity contribution in [3.05, 3.63) is 82.0 Å². The summed E-state index contributed by atoms with van der Waals surface area (Å²) in [5, 5.41) is 22.1. The van der Waals surface area contributed by atoms with Crippen LogP contribution in [0.25, 0.3) is 10.9 Å². The van der Waals surface area contributed by atoms with Gasteiger partial charge in [0.25, 0.3) is 5.69 Å². The molecule has 0 aliphatic heterocycles. The van der Waals surface area contributed by atoms with E-state index in [0.29, 0.717) is 12.0 Å². The number of non-ortho nitro benzene ring substituents is 1. The first-order chi connectivity index (χ1) is 10.6. The summed E-state index contributed by atoms with van der Waals surface area (Å²) in [6, 6.07) is 17.6. The molecule has 1 heterocycles. The number of aromatic nitrogens is 1. The summed E-state index contributed by atoms with van der Waals surface area (Å²) < 4.78 is 0. The number of para-hydroxylation sites is 1. The molecule has 3 rings (SSSR count). The molecule has 0 aliphatic rings. The van der Waals surface area contributed by atoms with Gasteiger partial charge in [0.2, 0.25) is 0 Å². The predicted octanol–water partition coefficient (Wildman–Crippen LogP) is 3.42. The molecule has 0 aliphatic carbocycles. The van der Waals surface area contributed by atoms with Crippen molar-refractivity contribution in [1.29, 1.82) is 0 Å². The fourth-order valence-corrected chi connectivity index (χ4v) is 2.38. The lowest BCUT2D eigenvalue weighted by Crippen LogP contribution is -2.04. The van der Waals surface area contributed by atoms with Gasteiger partial charge in [0.05, 0.1) is 16.5 Å². The van der Waals surface area contributed by atoms with Crippen molar-refractivity contribution in [2.24, 2.45) is 0 Å². The Labute approximate surface area is 127 Å². The molecule has 0 amide bonds. The number of aliphatic hydroxyl groups excluding tert-OH is 1. The Balaban J connectivity index is 1.84. The summed E-state index contributed by atoms with van der Waals surface area (Å²) >= 11 is 0. The Kier molecular flexibility index (Phi) is 3.80. The van der Waals surface area contributed by atoms with Gasteiger partial charge in [-0.05, 0) is 17.7 Å². The van der Waals surface area contributed by atoms with Gasteiger partial charge in [-0.2, -0.15) is 0 Å². The minimum absolute atomic E-state index is 0.0250. The molecule has 5 heteroatoms. The number of nitro benzene ring substituents is 1. The molecule has 22 heavy (non-hydrogen) atoms. The summed E-state index contributed by atoms with van der Waals surface area (Å²) in [5.74, 6) is 0. The third kappa shape index (κ3) is 2.94. The van der Waals surface area contributed by atoms with Crippen LogP contribution < -0.4 is 0 Å². The number of benzene rings is 2. The summed E-state index contributed by atoms with van der Waals surface area (Å²) in [7, 11) is 0. The van der Waals surface area contributed by atoms with Crippen molar-refractivity contribution in [3.8, 4) is 0 Å². The number of hydrogen-bond donors (Lipinski definition) is 1. The van der Waals surface area contributed by atoms with Crippen LogP contribution >= 0.6 is 0 Å². The normalized spacial score (nSPS) is 12.2. The van der Waals surface area contributed by atoms with Crippen LogP contribution in [0.5, 0.6) is 0 Å². The maximum atomic E-state index is 10.8. The fourth-order valence-electron chi connectivity index (χ4n) is 2.38. The molecule has 2 aromatic carbocycles. The van der Waals surface area contributed by atoms with E-state index in [4.69, 9.17) is 0 Å². The third-order valence-corrected chi connectivity index (χ3v) is 3.52. The summed E-state index contributed by atoms with van der Waals surface area (Å²) in [5.41, 5.74) is 2.11. The third-order valence-electron chi connectivity index (χ3n) is 3.52. The summed E-state index contributed by atoms with van der Waals surface area (Å²) in [4.78, 5) is 14.8. The Morgan fingerprint density at radius 3 is 2.73 bits per heavy atom. The molecule has 110 valence electrons. The lowest BCUT2D eigenvalue weighted by molar-refractivity contribution is -0.385. The molecular weight excluding hydrogens is 280 g/mol. The van der Waals surface area contributed by atoms with Crippen LogP contribution in [0.2, 0.25) is 0 Å². The van der Waals surface area contributed by atoms with Crippen molar-refractivity contribution < 1.29 is 10.0 Å². The molecule has 1 atom stereocenters. The molecule has 1 N–H and O–H groups in total. The van der Waals surface area contributed by atoms with Crippen molar-refractivity contribution in [2.75, 3.05) is 0 Å². The van der Waals surface area contributed by atoms with Crippen LogP contribution in [0, 0.1) is 10.1 Å². The van der Waals surface area contributed by atoms with E-state index in [-0.39, 0.29) is 5.69 Å². The monoisotopic (exact) mass is 294 g/mol. The van der Waals surface area contributed by atoms with E-state index in [0.717, 1.165) is 16.6 Å². The molecule has 1 aromatic heterocycles. The molecule has 3 aromatic rings. The van der Waals surface area contributed by atoms with E-state index < -0.39 is 11.0 Å². The van der Waals surface area contributed by atoms with Gasteiger partial charge >= 0.3 is 0 Å². The number of nitrogens with zero attached hydrogens (tertiary/aromatic N) is 2. The van der Waals surface area contributed by atoms with E-state index >= 15 is 0 Å². The number of hydrogen-bond acceptors (Lipinski definition) is 4. The maximum Gasteiger partial charge on any atom is 0.269 e. The zero-order valence-corrected chi connectivity index (χ0v) is 11.7. The summed E-state index contributed by atoms with van der Waals surface area (Å²) in [6.07, 6.45) is -0.514. The lowest BCUT2D eigenvalue weighted by atomic mass is 10.0. The number of fused-ring (bicyclic) bond motifs is 1. The molecule has 0 bridgehead atoms. The Morgan fingerprint density at radius 2 is 1.91 bits per heavy atom. The molecule has 0 spiro atoms. The van der Waals surface area contributed by atoms with Crippen LogP contribution in [-0.4, -0.2) is 15.0 Å². The minimum atomic E-state index is -0.825. The molecular formula is C17H14N2O3. The van der Waals surface area contributed by atoms with Gasteiger partial charge < -0.3 is 5.11 Å². The SMILES string of the molecule is O=[N+]([O-])c1cccc([C@H](O)Cc2ccc3ccccc3n2)c1. The first-order valence-corrected chi connectivity index (χ1v) is 6.90. The van der Waals surface area contributed by atoms with Gasteiger partial charge in [0.15, 0.2) is 0 Å². The second kappa shape index (κ2) is 5.91. The highest BCUT2D eigenvalue weighted by Gasteiger charge is 2.13. The van der Waals surface area contributed by atoms with Crippen molar-refractivity contribution >= 4 is 16.6 Å². The first kappa shape index (κ1) is 14.2. The van der Waals surface area contributed by atoms with Crippen LogP contribution in [-0.2, 0) is 6.42 Å². The predicted molar refractivity (Wildman–Crippen MR) is 83.5 cm³/mol. The standard InChI is InChI=1S/C17H14N2O3/c20-17(13-5-3-6-15(10-13)19(21)22)11-14-9-8-12-4-1-2-7-16(12)18-14/h1-10,17,20H,11H2/t17-/m1/s1. The molecule has 5 nitrogen and oxygen atoms in total. The number of pyridine rings is 1. The number of aliphatic hydroxyl groups is 1. The minimum Gasteiger partial charge on any atom is -0.388 e. The van der Waals surface area contributed by atoms with Gasteiger partial charge in [-0.25, -0.2) is 0 Å². The first-order valence-electron chi connectivity index (χ1n) is 6.90. The number of nitro groups is 1. The average molecular weight is 294 g/mol. The van der Waals surface area contributed by atoms with E-state index in [1.165, 1.54) is 12.1 Å². The van der Waals surface area contributed by atoms with Gasteiger partial charge in [-0.1, -0.05) is 36.4 Å². The van der Waals surface area contributed by atoms with E-state index in [9.17, 15) is 15.2 Å². The van der Waals surface area contributed by atoms with Crippen molar-refractivity contribution in [2.45, 2.75) is 12.5 Å². The van der Waals surface area contributed by atoms with Gasteiger partial charge in [-0.15, -0.1) is 0 Å². The molecule has 0 saturated heterocycles. The van der Waals surface area contributed by atoms with E-state index in [2.05, 4.69) is 4.98 Å². The Morgan fingerprint density at radius 1 is 1.09 bits per heavy atom. The van der Waals surface area contributed by atoms with Crippen LogP contribution in [0.15, 0.2) is 60.7 Å². The topological polar surface area (TPSA) is 76.3 Å². The van der Waals surface area contributed by atoms with Crippen LogP contribution in [0.4, 0.5) is 5.69 Å². The molecule has 0 saturated carbocycles. The Hall–Kier alpha value is -2.79. The van der Waals surface area contributed by atoms with Gasteiger partial charge in [-0.3, -0.25) is 15.1 Å². The smallest absolute Gasteiger partial charge is 0.269 e. The Bertz CT molecular complexity index is 833. The highest BCUT2D eigenvalue weighted by molar-refractivity contribution is 5.78. The van der Waals surface area contributed by atoms with E-state index in [1.54, 1.807) is 12.1 Å². The zero-order chi connectivity index (χ0) is 15.5. The second-order valence-corrected chi connectivity index (χ2v) is 5.07. The lowest BCUT2D eigenvalue weighted by Gasteiger charge is -2.11. The van der Waals surface area contributed by atoms with Crippen LogP contribution in [0.3, 0.4) is 0 Å². The molecule has 0 fully saturated rings. The van der Waals surface area contributed by atoms with Gasteiger partial charge in [0, 0.05) is 29.6 Å². The van der Waals surface area contributed by atoms with Crippen LogP contribution in [0.1, 0.15) is 17.4 Å². The largest absolute Gasteiger partial charge is 0.388 e. The maximum absolute atomic E-state index is 10.8. The highest BCUT2D eigenvalue weighted by atomic mass is 16.6. The summed E-state index contributed by atoms with van der Waals surface area (Å²) in [6.45, 7) is 0. The zero-order valence-electron chi connectivity index (χ0n) is 11.7. The van der Waals surface area contributed by atoms with Gasteiger partial charge in [0.1, 0.15) is 0 Å². The second-order valence-electron chi connectivity index (χ2n) is 5.07. The molecule has 0 unspecified atom stereocenters. The van der Waals surface area contributed by atoms with Crippen molar-refractivity contribution in [1.82, 2.24) is 4.98 Å². The highest BCUT2D eigenvalue weighted by Crippen LogP contribution is 2.22. The number of rotatable bonds is 4.